The monoisotopic (exact) mass is 529 g/mol. The summed E-state index contributed by atoms with van der Waals surface area (Å²) in [6, 6.07) is 14.2. The molecule has 5 rings (SSSR count). The predicted octanol–water partition coefficient (Wildman–Crippen LogP) is 5.05. The summed E-state index contributed by atoms with van der Waals surface area (Å²) < 4.78 is 39.9. The van der Waals surface area contributed by atoms with Crippen LogP contribution in [-0.4, -0.2) is 47.9 Å². The summed E-state index contributed by atoms with van der Waals surface area (Å²) in [6.07, 6.45) is 5.80. The average molecular weight is 530 g/mol. The van der Waals surface area contributed by atoms with Crippen molar-refractivity contribution in [2.45, 2.75) is 13.5 Å². The summed E-state index contributed by atoms with van der Waals surface area (Å²) in [5.74, 6) is -0.482. The second-order valence-electron chi connectivity index (χ2n) is 8.84. The van der Waals surface area contributed by atoms with Crippen LogP contribution in [0.4, 0.5) is 4.39 Å². The van der Waals surface area contributed by atoms with Gasteiger partial charge in [0.05, 0.1) is 23.2 Å². The minimum absolute atomic E-state index is 0.0250. The van der Waals surface area contributed by atoms with Gasteiger partial charge in [0, 0.05) is 40.8 Å². The number of benzene rings is 2. The smallest absolute Gasteiger partial charge is 0.209 e. The van der Waals surface area contributed by atoms with E-state index in [0.717, 1.165) is 50.6 Å². The van der Waals surface area contributed by atoms with E-state index in [9.17, 15) is 12.8 Å². The number of aromatic nitrogens is 4. The van der Waals surface area contributed by atoms with Crippen molar-refractivity contribution >= 4 is 50.5 Å². The van der Waals surface area contributed by atoms with Gasteiger partial charge in [0.2, 0.25) is 10.0 Å². The first kappa shape index (κ1) is 25.2. The van der Waals surface area contributed by atoms with Gasteiger partial charge < -0.3 is 4.98 Å². The van der Waals surface area contributed by atoms with Crippen LogP contribution in [0.1, 0.15) is 18.1 Å². The summed E-state index contributed by atoms with van der Waals surface area (Å²) in [5.41, 5.74) is 6.70. The van der Waals surface area contributed by atoms with Gasteiger partial charge >= 0.3 is 0 Å². The molecule has 9 nitrogen and oxygen atoms in total. The fraction of sp³-hybridized carbons (Fsp3) is 0.111. The molecule has 0 radical (unpaired) electrons. The number of rotatable bonds is 8. The van der Waals surface area contributed by atoms with E-state index in [4.69, 9.17) is 0 Å². The Kier molecular flexibility index (Phi) is 6.70. The highest BCUT2D eigenvalue weighted by atomic mass is 32.2. The first-order valence-corrected chi connectivity index (χ1v) is 13.5. The van der Waals surface area contributed by atoms with E-state index in [1.165, 1.54) is 18.5 Å². The number of nitrogens with zero attached hydrogens (tertiary/aromatic N) is 4. The minimum Gasteiger partial charge on any atom is -0.353 e. The molecular formula is C27H24FN7O2S. The highest BCUT2D eigenvalue weighted by molar-refractivity contribution is 7.88. The SMILES string of the molecule is C=N/C=N\C=C(/C)c1ccc2[nH]nc(-c3cc4c(-c5cc(F)cc(CNS(C)(=O)=O)c5)nccc4[nH]3)c2c1. The van der Waals surface area contributed by atoms with Crippen LogP contribution in [0.15, 0.2) is 70.9 Å². The molecule has 3 heterocycles. The number of fused-ring (bicyclic) bond motifs is 2. The third kappa shape index (κ3) is 5.29. The Bertz CT molecular complexity index is 1850. The Morgan fingerprint density at radius 3 is 2.71 bits per heavy atom. The van der Waals surface area contributed by atoms with Gasteiger partial charge in [0.15, 0.2) is 0 Å². The zero-order valence-electron chi connectivity index (χ0n) is 20.7. The van der Waals surface area contributed by atoms with E-state index in [-0.39, 0.29) is 6.54 Å². The first-order chi connectivity index (χ1) is 18.2. The molecule has 2 aromatic carbocycles. The largest absolute Gasteiger partial charge is 0.353 e. The number of aliphatic imine (C=N–C) groups is 2. The zero-order valence-corrected chi connectivity index (χ0v) is 21.5. The standard InChI is InChI=1S/C27H24FN7O2S/c1-16(13-30-15-29-2)18-4-5-24-21(11-18)27(35-34-24)25-12-22-23(33-25)6-7-31-26(22)19-8-17(9-20(28)10-19)14-32-38(3,36)37/h4-13,15,32-33H,2,14H2,1,3H3,(H,34,35)/b16-13+,30-15-. The van der Waals surface area contributed by atoms with Crippen LogP contribution in [0.25, 0.3) is 50.0 Å². The molecule has 0 amide bonds. The number of H-pyrrole nitrogens is 2. The molecule has 3 N–H and O–H groups in total. The summed E-state index contributed by atoms with van der Waals surface area (Å²) in [5, 5.41) is 9.31. The molecule has 38 heavy (non-hydrogen) atoms. The maximum absolute atomic E-state index is 14.5. The number of pyridine rings is 1. The Labute approximate surface area is 218 Å². The van der Waals surface area contributed by atoms with Crippen molar-refractivity contribution in [3.05, 3.63) is 77.9 Å². The molecule has 0 fully saturated rings. The van der Waals surface area contributed by atoms with E-state index in [1.54, 1.807) is 18.5 Å². The van der Waals surface area contributed by atoms with Gasteiger partial charge in [-0.15, -0.1) is 0 Å². The van der Waals surface area contributed by atoms with Crippen LogP contribution in [-0.2, 0) is 16.6 Å². The van der Waals surface area contributed by atoms with Gasteiger partial charge in [-0.05, 0) is 72.8 Å². The Morgan fingerprint density at radius 2 is 1.92 bits per heavy atom. The van der Waals surface area contributed by atoms with Crippen molar-refractivity contribution in [1.29, 1.82) is 0 Å². The van der Waals surface area contributed by atoms with Crippen LogP contribution >= 0.6 is 0 Å². The minimum atomic E-state index is -3.42. The first-order valence-electron chi connectivity index (χ1n) is 11.6. The van der Waals surface area contributed by atoms with Gasteiger partial charge in [0.25, 0.3) is 0 Å². The highest BCUT2D eigenvalue weighted by Gasteiger charge is 2.16. The fourth-order valence-electron chi connectivity index (χ4n) is 4.25. The molecule has 3 aromatic heterocycles. The number of hydrogen-bond donors (Lipinski definition) is 3. The van der Waals surface area contributed by atoms with Crippen LogP contribution in [0, 0.1) is 5.82 Å². The summed E-state index contributed by atoms with van der Waals surface area (Å²) >= 11 is 0. The quantitative estimate of drug-likeness (QED) is 0.192. The molecule has 0 unspecified atom stereocenters. The molecule has 5 aromatic rings. The summed E-state index contributed by atoms with van der Waals surface area (Å²) in [6.45, 7) is 5.32. The van der Waals surface area contributed by atoms with Gasteiger partial charge in [-0.2, -0.15) is 5.10 Å². The molecule has 192 valence electrons. The van der Waals surface area contributed by atoms with Crippen LogP contribution in [0.2, 0.25) is 0 Å². The molecule has 11 heteroatoms. The number of aromatic amines is 2. The molecule has 0 aliphatic carbocycles. The van der Waals surface area contributed by atoms with Crippen molar-refractivity contribution in [1.82, 2.24) is 24.9 Å². The zero-order chi connectivity index (χ0) is 26.9. The molecular weight excluding hydrogens is 505 g/mol. The number of sulfonamides is 1. The second-order valence-corrected chi connectivity index (χ2v) is 10.7. The normalized spacial score (nSPS) is 12.7. The molecule has 0 atom stereocenters. The lowest BCUT2D eigenvalue weighted by Crippen LogP contribution is -2.21. The van der Waals surface area contributed by atoms with Crippen molar-refractivity contribution in [2.24, 2.45) is 9.98 Å². The second kappa shape index (κ2) is 10.1. The molecule has 0 saturated heterocycles. The van der Waals surface area contributed by atoms with E-state index >= 15 is 0 Å². The maximum Gasteiger partial charge on any atom is 0.209 e. The average Bonchev–Trinajstić information content (AvgIpc) is 3.50. The maximum atomic E-state index is 14.5. The number of halogens is 1. The summed E-state index contributed by atoms with van der Waals surface area (Å²) in [4.78, 5) is 15.6. The highest BCUT2D eigenvalue weighted by Crippen LogP contribution is 2.34. The van der Waals surface area contributed by atoms with Crippen LogP contribution in [0.5, 0.6) is 0 Å². The van der Waals surface area contributed by atoms with E-state index in [2.05, 4.69) is 41.6 Å². The topological polar surface area (TPSA) is 128 Å². The number of allylic oxidation sites excluding steroid dienone is 1. The van der Waals surface area contributed by atoms with Gasteiger partial charge in [-0.3, -0.25) is 15.1 Å². The van der Waals surface area contributed by atoms with Crippen LogP contribution in [0.3, 0.4) is 0 Å². The van der Waals surface area contributed by atoms with Gasteiger partial charge in [-0.25, -0.2) is 22.5 Å². The third-order valence-electron chi connectivity index (χ3n) is 6.01. The lowest BCUT2D eigenvalue weighted by Gasteiger charge is -2.08. The van der Waals surface area contributed by atoms with E-state index in [1.807, 2.05) is 37.3 Å². The molecule has 0 saturated carbocycles. The molecule has 0 bridgehead atoms. The van der Waals surface area contributed by atoms with Crippen LogP contribution < -0.4 is 4.72 Å². The van der Waals surface area contributed by atoms with E-state index in [0.29, 0.717) is 16.8 Å². The van der Waals surface area contributed by atoms with Crippen molar-refractivity contribution < 1.29 is 12.8 Å². The third-order valence-corrected chi connectivity index (χ3v) is 6.68. The molecule has 0 spiro atoms. The number of hydrogen-bond acceptors (Lipinski definition) is 5. The van der Waals surface area contributed by atoms with E-state index < -0.39 is 15.8 Å². The number of nitrogens with one attached hydrogen (secondary N) is 3. The Balaban J connectivity index is 1.57. The lowest BCUT2D eigenvalue weighted by molar-refractivity contribution is 0.586. The van der Waals surface area contributed by atoms with Crippen molar-refractivity contribution in [2.75, 3.05) is 6.26 Å². The van der Waals surface area contributed by atoms with Crippen molar-refractivity contribution in [3.63, 3.8) is 0 Å². The molecule has 0 aliphatic rings. The summed E-state index contributed by atoms with van der Waals surface area (Å²) in [7, 11) is -3.42. The predicted molar refractivity (Wildman–Crippen MR) is 150 cm³/mol. The van der Waals surface area contributed by atoms with Gasteiger partial charge in [-0.1, -0.05) is 6.07 Å². The Morgan fingerprint density at radius 1 is 1.11 bits per heavy atom. The Hall–Kier alpha value is -4.48. The van der Waals surface area contributed by atoms with Crippen molar-refractivity contribution in [3.8, 4) is 22.6 Å². The van der Waals surface area contributed by atoms with Gasteiger partial charge in [0.1, 0.15) is 17.8 Å². The lowest BCUT2D eigenvalue weighted by atomic mass is 10.0. The fourth-order valence-corrected chi connectivity index (χ4v) is 4.68. The molecule has 0 aliphatic heterocycles.